The Bertz CT molecular complexity index is 1150. The van der Waals surface area contributed by atoms with Gasteiger partial charge in [-0.1, -0.05) is 12.1 Å². The average molecular weight is 477 g/mol. The molecule has 1 aliphatic rings. The van der Waals surface area contributed by atoms with E-state index in [4.69, 9.17) is 4.74 Å². The van der Waals surface area contributed by atoms with Gasteiger partial charge in [-0.15, -0.1) is 15.3 Å². The van der Waals surface area contributed by atoms with Crippen LogP contribution in [0.25, 0.3) is 5.65 Å². The van der Waals surface area contributed by atoms with Crippen LogP contribution >= 0.6 is 0 Å². The number of nitrogens with one attached hydrogen (secondary N) is 1. The van der Waals surface area contributed by atoms with Crippen molar-refractivity contribution in [3.8, 4) is 0 Å². The van der Waals surface area contributed by atoms with Gasteiger partial charge in [-0.2, -0.15) is 17.7 Å². The Labute approximate surface area is 194 Å². The SMILES string of the molecule is CC(C)(C)OC(=O)Nc1ccc(CN2CCN(c3ccc4nnc(C(F)(F)F)n4n3)CC2)cc1. The normalized spacial score (nSPS) is 15.5. The summed E-state index contributed by atoms with van der Waals surface area (Å²) in [5.74, 6) is -0.678. The molecule has 1 aromatic carbocycles. The molecule has 0 spiro atoms. The number of halogens is 3. The molecule has 9 nitrogen and oxygen atoms in total. The molecule has 0 aliphatic carbocycles. The van der Waals surface area contributed by atoms with E-state index >= 15 is 0 Å². The molecular weight excluding hydrogens is 451 g/mol. The van der Waals surface area contributed by atoms with Gasteiger partial charge in [0.25, 0.3) is 5.82 Å². The molecule has 1 N–H and O–H groups in total. The van der Waals surface area contributed by atoms with Gasteiger partial charge in [0.2, 0.25) is 0 Å². The van der Waals surface area contributed by atoms with Crippen LogP contribution < -0.4 is 10.2 Å². The number of rotatable bonds is 4. The minimum Gasteiger partial charge on any atom is -0.444 e. The first-order valence-corrected chi connectivity index (χ1v) is 10.8. The van der Waals surface area contributed by atoms with Crippen molar-refractivity contribution in [1.82, 2.24) is 24.7 Å². The Morgan fingerprint density at radius 3 is 2.29 bits per heavy atom. The number of fused-ring (bicyclic) bond motifs is 1. The van der Waals surface area contributed by atoms with Crippen molar-refractivity contribution in [3.05, 3.63) is 47.8 Å². The van der Waals surface area contributed by atoms with Gasteiger partial charge in [0.1, 0.15) is 11.4 Å². The smallest absolute Gasteiger partial charge is 0.444 e. The number of carbonyl (C=O) groups is 1. The number of hydrogen-bond acceptors (Lipinski definition) is 7. The summed E-state index contributed by atoms with van der Waals surface area (Å²) < 4.78 is 45.4. The first-order valence-electron chi connectivity index (χ1n) is 10.8. The van der Waals surface area contributed by atoms with Gasteiger partial charge in [0, 0.05) is 38.4 Å². The fourth-order valence-electron chi connectivity index (χ4n) is 3.63. The quantitative estimate of drug-likeness (QED) is 0.611. The minimum atomic E-state index is -4.62. The molecule has 3 heterocycles. The van der Waals surface area contributed by atoms with Crippen LogP contribution in [-0.2, 0) is 17.5 Å². The number of anilines is 2. The predicted octanol–water partition coefficient (Wildman–Crippen LogP) is 3.81. The summed E-state index contributed by atoms with van der Waals surface area (Å²) in [5, 5.41) is 13.6. The maximum Gasteiger partial charge on any atom is 0.453 e. The zero-order valence-electron chi connectivity index (χ0n) is 19.1. The summed E-state index contributed by atoms with van der Waals surface area (Å²) >= 11 is 0. The number of nitrogens with zero attached hydrogens (tertiary/aromatic N) is 6. The number of hydrogen-bond donors (Lipinski definition) is 1. The summed E-state index contributed by atoms with van der Waals surface area (Å²) in [7, 11) is 0. The van der Waals surface area contributed by atoms with Gasteiger partial charge in [-0.05, 0) is 50.6 Å². The molecule has 0 bridgehead atoms. The molecular formula is C22H26F3N7O2. The van der Waals surface area contributed by atoms with Crippen LogP contribution in [-0.4, -0.2) is 62.6 Å². The Morgan fingerprint density at radius 1 is 1.00 bits per heavy atom. The second-order valence-electron chi connectivity index (χ2n) is 9.07. The van der Waals surface area contributed by atoms with Crippen LogP contribution in [0.4, 0.5) is 29.5 Å². The lowest BCUT2D eigenvalue weighted by atomic mass is 10.1. The van der Waals surface area contributed by atoms with Gasteiger partial charge in [0.15, 0.2) is 5.65 Å². The highest BCUT2D eigenvalue weighted by Gasteiger charge is 2.37. The van der Waals surface area contributed by atoms with Gasteiger partial charge in [0.05, 0.1) is 0 Å². The van der Waals surface area contributed by atoms with Crippen LogP contribution in [0.2, 0.25) is 0 Å². The average Bonchev–Trinajstić information content (AvgIpc) is 3.18. The molecule has 0 atom stereocenters. The molecule has 4 rings (SSSR count). The Hall–Kier alpha value is -3.41. The Morgan fingerprint density at radius 2 is 1.68 bits per heavy atom. The summed E-state index contributed by atoms with van der Waals surface area (Å²) in [6, 6.07) is 10.7. The number of carbonyl (C=O) groups excluding carboxylic acids is 1. The molecule has 0 saturated carbocycles. The van der Waals surface area contributed by atoms with Crippen LogP contribution in [0.1, 0.15) is 32.2 Å². The van der Waals surface area contributed by atoms with Crippen molar-refractivity contribution in [2.45, 2.75) is 39.1 Å². The summed E-state index contributed by atoms with van der Waals surface area (Å²) in [6.45, 7) is 8.84. The van der Waals surface area contributed by atoms with Crippen molar-refractivity contribution < 1.29 is 22.7 Å². The molecule has 1 amide bonds. The van der Waals surface area contributed by atoms with Gasteiger partial charge >= 0.3 is 12.3 Å². The maximum atomic E-state index is 13.1. The van der Waals surface area contributed by atoms with Gasteiger partial charge in [-0.25, -0.2) is 4.79 Å². The summed E-state index contributed by atoms with van der Waals surface area (Å²) in [5.41, 5.74) is 1.22. The number of amides is 1. The Kier molecular flexibility index (Phi) is 6.34. The van der Waals surface area contributed by atoms with E-state index in [1.807, 2.05) is 29.2 Å². The van der Waals surface area contributed by atoms with Gasteiger partial charge in [-0.3, -0.25) is 10.2 Å². The fraction of sp³-hybridized carbons (Fsp3) is 0.455. The van der Waals surface area contributed by atoms with E-state index in [0.717, 1.165) is 29.7 Å². The molecule has 1 saturated heterocycles. The molecule has 1 fully saturated rings. The number of benzene rings is 1. The third-order valence-corrected chi connectivity index (χ3v) is 5.20. The van der Waals surface area contributed by atoms with E-state index in [1.54, 1.807) is 26.8 Å². The van der Waals surface area contributed by atoms with Crippen molar-refractivity contribution in [2.24, 2.45) is 0 Å². The summed E-state index contributed by atoms with van der Waals surface area (Å²) in [4.78, 5) is 16.1. The lowest BCUT2D eigenvalue weighted by molar-refractivity contribution is -0.146. The van der Waals surface area contributed by atoms with E-state index < -0.39 is 23.7 Å². The number of alkyl halides is 3. The monoisotopic (exact) mass is 477 g/mol. The zero-order chi connectivity index (χ0) is 24.5. The first kappa shape index (κ1) is 23.7. The van der Waals surface area contributed by atoms with Gasteiger partial charge < -0.3 is 9.64 Å². The van der Waals surface area contributed by atoms with Crippen molar-refractivity contribution in [3.63, 3.8) is 0 Å². The van der Waals surface area contributed by atoms with Crippen LogP contribution in [0.3, 0.4) is 0 Å². The number of aromatic nitrogens is 4. The standard InChI is InChI=1S/C22H26F3N7O2/c1-21(2,3)34-20(33)26-16-6-4-15(5-7-16)14-30-10-12-31(13-11-30)18-9-8-17-27-28-19(22(23,24)25)32(17)29-18/h4-9H,10-14H2,1-3H3,(H,26,33). The second-order valence-corrected chi connectivity index (χ2v) is 9.07. The van der Waals surface area contributed by atoms with Crippen molar-refractivity contribution in [1.29, 1.82) is 0 Å². The Balaban J connectivity index is 1.32. The van der Waals surface area contributed by atoms with Crippen LogP contribution in [0.15, 0.2) is 36.4 Å². The third kappa shape index (κ3) is 5.74. The molecule has 0 unspecified atom stereocenters. The van der Waals surface area contributed by atoms with E-state index in [-0.39, 0.29) is 5.65 Å². The molecule has 182 valence electrons. The maximum absolute atomic E-state index is 13.1. The topological polar surface area (TPSA) is 87.9 Å². The van der Waals surface area contributed by atoms with E-state index in [0.29, 0.717) is 24.6 Å². The molecule has 3 aromatic rings. The number of ether oxygens (including phenoxy) is 1. The second kappa shape index (κ2) is 9.09. The molecule has 12 heteroatoms. The highest BCUT2D eigenvalue weighted by molar-refractivity contribution is 5.84. The zero-order valence-corrected chi connectivity index (χ0v) is 19.1. The van der Waals surface area contributed by atoms with E-state index in [1.165, 1.54) is 6.07 Å². The fourth-order valence-corrected chi connectivity index (χ4v) is 3.63. The number of piperazine rings is 1. The largest absolute Gasteiger partial charge is 0.453 e. The minimum absolute atomic E-state index is 0.0549. The van der Waals surface area contributed by atoms with Crippen molar-refractivity contribution in [2.75, 3.05) is 36.4 Å². The third-order valence-electron chi connectivity index (χ3n) is 5.20. The van der Waals surface area contributed by atoms with E-state index in [2.05, 4.69) is 25.5 Å². The predicted molar refractivity (Wildman–Crippen MR) is 120 cm³/mol. The molecule has 34 heavy (non-hydrogen) atoms. The van der Waals surface area contributed by atoms with Crippen LogP contribution in [0, 0.1) is 0 Å². The molecule has 2 aromatic heterocycles. The van der Waals surface area contributed by atoms with E-state index in [9.17, 15) is 18.0 Å². The lowest BCUT2D eigenvalue weighted by Gasteiger charge is -2.35. The summed E-state index contributed by atoms with van der Waals surface area (Å²) in [6.07, 6.45) is -5.13. The van der Waals surface area contributed by atoms with Crippen molar-refractivity contribution >= 4 is 23.2 Å². The highest BCUT2D eigenvalue weighted by atomic mass is 19.4. The first-order chi connectivity index (χ1) is 16.0. The molecule has 0 radical (unpaired) electrons. The lowest BCUT2D eigenvalue weighted by Crippen LogP contribution is -2.46. The highest BCUT2D eigenvalue weighted by Crippen LogP contribution is 2.28. The molecule has 1 aliphatic heterocycles. The van der Waals surface area contributed by atoms with Crippen LogP contribution in [0.5, 0.6) is 0 Å².